The summed E-state index contributed by atoms with van der Waals surface area (Å²) in [5, 5.41) is 1.98. The predicted octanol–water partition coefficient (Wildman–Crippen LogP) is 3.32. The van der Waals surface area contributed by atoms with Gasteiger partial charge in [0.15, 0.2) is 35.6 Å². The summed E-state index contributed by atoms with van der Waals surface area (Å²) in [4.78, 5) is 23.4. The van der Waals surface area contributed by atoms with E-state index in [0.29, 0.717) is 23.1 Å². The lowest BCUT2D eigenvalue weighted by Crippen LogP contribution is -2.21. The third-order valence-corrected chi connectivity index (χ3v) is 3.49. The second-order valence-electron chi connectivity index (χ2n) is 5.29. The molecule has 2 aromatic carbocycles. The second-order valence-corrected chi connectivity index (χ2v) is 5.29. The Labute approximate surface area is 158 Å². The standard InChI is InChI=1S/C19H16F3NO5/c1-26-14-5-3-4-11(19(14)27-2)6-9-16(25)28-10-15(24)23-13-8-7-12(20)17(21)18(13)22/h3-9H,10H2,1-2H3,(H,23,24)/b9-6+. The topological polar surface area (TPSA) is 73.9 Å². The first kappa shape index (κ1) is 20.8. The fourth-order valence-corrected chi connectivity index (χ4v) is 2.19. The van der Waals surface area contributed by atoms with E-state index in [0.717, 1.165) is 12.1 Å². The highest BCUT2D eigenvalue weighted by atomic mass is 19.2. The molecule has 0 spiro atoms. The van der Waals surface area contributed by atoms with Gasteiger partial charge in [-0.25, -0.2) is 18.0 Å². The van der Waals surface area contributed by atoms with E-state index in [1.165, 1.54) is 20.3 Å². The average Bonchev–Trinajstić information content (AvgIpc) is 2.70. The number of halogens is 3. The molecular formula is C19H16F3NO5. The summed E-state index contributed by atoms with van der Waals surface area (Å²) in [5.41, 5.74) is -0.0382. The van der Waals surface area contributed by atoms with E-state index in [9.17, 15) is 22.8 Å². The van der Waals surface area contributed by atoms with Gasteiger partial charge in [0.25, 0.3) is 5.91 Å². The number of nitrogens with one attached hydrogen (secondary N) is 1. The second kappa shape index (κ2) is 9.45. The molecule has 0 saturated heterocycles. The lowest BCUT2D eigenvalue weighted by molar-refractivity contribution is -0.142. The van der Waals surface area contributed by atoms with Crippen LogP contribution in [0.2, 0.25) is 0 Å². The van der Waals surface area contributed by atoms with Crippen LogP contribution < -0.4 is 14.8 Å². The first-order valence-corrected chi connectivity index (χ1v) is 7.86. The molecule has 0 aliphatic heterocycles. The maximum absolute atomic E-state index is 13.5. The van der Waals surface area contributed by atoms with Gasteiger partial charge in [-0.15, -0.1) is 0 Å². The summed E-state index contributed by atoms with van der Waals surface area (Å²) < 4.78 is 54.5. The highest BCUT2D eigenvalue weighted by Crippen LogP contribution is 2.31. The van der Waals surface area contributed by atoms with E-state index in [1.807, 2.05) is 5.32 Å². The highest BCUT2D eigenvalue weighted by Gasteiger charge is 2.16. The molecule has 0 fully saturated rings. The fraction of sp³-hybridized carbons (Fsp3) is 0.158. The number of carbonyl (C=O) groups excluding carboxylic acids is 2. The largest absolute Gasteiger partial charge is 0.493 e. The smallest absolute Gasteiger partial charge is 0.331 e. The van der Waals surface area contributed by atoms with Gasteiger partial charge in [-0.1, -0.05) is 12.1 Å². The van der Waals surface area contributed by atoms with Gasteiger partial charge in [-0.2, -0.15) is 0 Å². The Hall–Kier alpha value is -3.49. The van der Waals surface area contributed by atoms with Gasteiger partial charge in [0, 0.05) is 11.6 Å². The number of amides is 1. The summed E-state index contributed by atoms with van der Waals surface area (Å²) in [6.45, 7) is -0.753. The minimum absolute atomic E-state index is 0.403. The Morgan fingerprint density at radius 2 is 1.79 bits per heavy atom. The zero-order valence-electron chi connectivity index (χ0n) is 14.9. The number of ether oxygens (including phenoxy) is 3. The number of para-hydroxylation sites is 1. The van der Waals surface area contributed by atoms with Gasteiger partial charge in [0.05, 0.1) is 19.9 Å². The molecule has 28 heavy (non-hydrogen) atoms. The third kappa shape index (κ3) is 5.03. The van der Waals surface area contributed by atoms with Crippen molar-refractivity contribution < 1.29 is 37.0 Å². The summed E-state index contributed by atoms with van der Waals surface area (Å²) in [7, 11) is 2.91. The van der Waals surface area contributed by atoms with Crippen molar-refractivity contribution >= 4 is 23.6 Å². The zero-order chi connectivity index (χ0) is 20.7. The van der Waals surface area contributed by atoms with Crippen molar-refractivity contribution in [1.29, 1.82) is 0 Å². The Balaban J connectivity index is 1.95. The van der Waals surface area contributed by atoms with Crippen LogP contribution in [0.3, 0.4) is 0 Å². The van der Waals surface area contributed by atoms with Crippen LogP contribution in [-0.2, 0) is 14.3 Å². The molecular weight excluding hydrogens is 379 g/mol. The number of esters is 1. The fourth-order valence-electron chi connectivity index (χ4n) is 2.19. The van der Waals surface area contributed by atoms with E-state index < -0.39 is 41.6 Å². The molecule has 0 radical (unpaired) electrons. The van der Waals surface area contributed by atoms with Crippen LogP contribution in [0.15, 0.2) is 36.4 Å². The zero-order valence-corrected chi connectivity index (χ0v) is 14.9. The summed E-state index contributed by atoms with van der Waals surface area (Å²) in [6, 6.07) is 6.54. The van der Waals surface area contributed by atoms with Crippen LogP contribution in [0.1, 0.15) is 5.56 Å². The molecule has 0 heterocycles. The van der Waals surface area contributed by atoms with Crippen LogP contribution in [0.5, 0.6) is 11.5 Å². The van der Waals surface area contributed by atoms with Crippen molar-refractivity contribution in [2.24, 2.45) is 0 Å². The number of methoxy groups -OCH3 is 2. The van der Waals surface area contributed by atoms with Crippen LogP contribution >= 0.6 is 0 Å². The normalized spacial score (nSPS) is 10.6. The Morgan fingerprint density at radius 1 is 1.04 bits per heavy atom. The van der Waals surface area contributed by atoms with Gasteiger partial charge < -0.3 is 19.5 Å². The lowest BCUT2D eigenvalue weighted by atomic mass is 10.1. The first-order chi connectivity index (χ1) is 13.4. The number of rotatable bonds is 7. The van der Waals surface area contributed by atoms with Crippen molar-refractivity contribution in [3.05, 3.63) is 59.4 Å². The molecule has 2 aromatic rings. The first-order valence-electron chi connectivity index (χ1n) is 7.86. The molecule has 148 valence electrons. The molecule has 6 nitrogen and oxygen atoms in total. The van der Waals surface area contributed by atoms with Gasteiger partial charge in [0.1, 0.15) is 0 Å². The summed E-state index contributed by atoms with van der Waals surface area (Å²) >= 11 is 0. The minimum atomic E-state index is -1.72. The highest BCUT2D eigenvalue weighted by molar-refractivity contribution is 5.94. The van der Waals surface area contributed by atoms with Crippen molar-refractivity contribution in [3.8, 4) is 11.5 Å². The summed E-state index contributed by atoms with van der Waals surface area (Å²) in [5.74, 6) is -5.57. The van der Waals surface area contributed by atoms with Gasteiger partial charge in [0.2, 0.25) is 0 Å². The maximum Gasteiger partial charge on any atom is 0.331 e. The molecule has 0 atom stereocenters. The Bertz CT molecular complexity index is 915. The molecule has 0 unspecified atom stereocenters. The number of carbonyl (C=O) groups is 2. The molecule has 1 N–H and O–H groups in total. The molecule has 0 aliphatic carbocycles. The maximum atomic E-state index is 13.5. The lowest BCUT2D eigenvalue weighted by Gasteiger charge is -2.09. The number of hydrogen-bond donors (Lipinski definition) is 1. The van der Waals surface area contributed by atoms with Crippen LogP contribution in [-0.4, -0.2) is 32.7 Å². The van der Waals surface area contributed by atoms with Crippen molar-refractivity contribution in [2.75, 3.05) is 26.1 Å². The predicted molar refractivity (Wildman–Crippen MR) is 94.5 cm³/mol. The van der Waals surface area contributed by atoms with Gasteiger partial charge >= 0.3 is 5.97 Å². The van der Waals surface area contributed by atoms with Crippen molar-refractivity contribution in [2.45, 2.75) is 0 Å². The van der Waals surface area contributed by atoms with Gasteiger partial charge in [-0.05, 0) is 24.3 Å². The molecule has 0 saturated carbocycles. The Kier molecular flexibility index (Phi) is 7.02. The Morgan fingerprint density at radius 3 is 2.46 bits per heavy atom. The van der Waals surface area contributed by atoms with Crippen molar-refractivity contribution in [3.63, 3.8) is 0 Å². The molecule has 9 heteroatoms. The quantitative estimate of drug-likeness (QED) is 0.442. The minimum Gasteiger partial charge on any atom is -0.493 e. The summed E-state index contributed by atoms with van der Waals surface area (Å²) in [6.07, 6.45) is 2.46. The third-order valence-electron chi connectivity index (χ3n) is 3.49. The molecule has 0 bridgehead atoms. The molecule has 0 aliphatic rings. The number of hydrogen-bond acceptors (Lipinski definition) is 5. The van der Waals surface area contributed by atoms with E-state index in [-0.39, 0.29) is 0 Å². The molecule has 2 rings (SSSR count). The van der Waals surface area contributed by atoms with E-state index in [1.54, 1.807) is 18.2 Å². The molecule has 1 amide bonds. The van der Waals surface area contributed by atoms with Crippen LogP contribution in [0, 0.1) is 17.5 Å². The van der Waals surface area contributed by atoms with E-state index >= 15 is 0 Å². The average molecular weight is 395 g/mol. The van der Waals surface area contributed by atoms with E-state index in [2.05, 4.69) is 0 Å². The van der Waals surface area contributed by atoms with Crippen LogP contribution in [0.4, 0.5) is 18.9 Å². The number of anilines is 1. The van der Waals surface area contributed by atoms with Gasteiger partial charge in [-0.3, -0.25) is 4.79 Å². The SMILES string of the molecule is COc1cccc(/C=C/C(=O)OCC(=O)Nc2ccc(F)c(F)c2F)c1OC. The monoisotopic (exact) mass is 395 g/mol. The number of benzene rings is 2. The molecule has 0 aromatic heterocycles. The van der Waals surface area contributed by atoms with Crippen LogP contribution in [0.25, 0.3) is 6.08 Å². The van der Waals surface area contributed by atoms with Crippen molar-refractivity contribution in [1.82, 2.24) is 0 Å². The van der Waals surface area contributed by atoms with E-state index in [4.69, 9.17) is 14.2 Å².